The van der Waals surface area contributed by atoms with Crippen molar-refractivity contribution < 1.29 is 22.4 Å². The minimum Gasteiger partial charge on any atom is -0.303 e. The minimum atomic E-state index is -4.72. The van der Waals surface area contributed by atoms with Gasteiger partial charge in [-0.3, -0.25) is 0 Å². The van der Waals surface area contributed by atoms with Crippen molar-refractivity contribution in [3.8, 4) is 0 Å². The van der Waals surface area contributed by atoms with Crippen LogP contribution in [0, 0.1) is 5.82 Å². The fraction of sp³-hybridized carbons (Fsp3) is 0.222. The van der Waals surface area contributed by atoms with Crippen LogP contribution >= 0.6 is 0 Å². The Hall–Kier alpha value is -1.39. The first-order chi connectivity index (χ1) is 6.46. The monoisotopic (exact) mass is 206 g/mol. The van der Waals surface area contributed by atoms with Crippen molar-refractivity contribution in [2.24, 2.45) is 0 Å². The molecule has 14 heavy (non-hydrogen) atoms. The number of alkyl halides is 3. The molecule has 1 nitrogen and oxygen atoms in total. The molecule has 1 aromatic rings. The van der Waals surface area contributed by atoms with Crippen LogP contribution in [0.2, 0.25) is 0 Å². The molecule has 0 aromatic heterocycles. The Morgan fingerprint density at radius 1 is 1.29 bits per heavy atom. The van der Waals surface area contributed by atoms with E-state index in [0.717, 1.165) is 12.1 Å². The van der Waals surface area contributed by atoms with Gasteiger partial charge in [-0.2, -0.15) is 13.2 Å². The second-order valence-electron chi connectivity index (χ2n) is 2.65. The van der Waals surface area contributed by atoms with Crippen LogP contribution in [0.4, 0.5) is 17.6 Å². The van der Waals surface area contributed by atoms with Crippen LogP contribution in [0.1, 0.15) is 11.1 Å². The number of hydrogen-bond donors (Lipinski definition) is 0. The zero-order chi connectivity index (χ0) is 10.8. The van der Waals surface area contributed by atoms with Gasteiger partial charge in [0.2, 0.25) is 0 Å². The third-order valence-corrected chi connectivity index (χ3v) is 1.69. The van der Waals surface area contributed by atoms with Gasteiger partial charge in [-0.25, -0.2) is 4.39 Å². The fourth-order valence-corrected chi connectivity index (χ4v) is 1.05. The zero-order valence-corrected chi connectivity index (χ0v) is 6.94. The molecule has 0 atom stereocenters. The standard InChI is InChI=1S/C9H6F4O/c10-8-6(4-5-14)2-1-3-7(8)9(11,12)13/h1-3,5H,4H2. The molecule has 0 aliphatic heterocycles. The summed E-state index contributed by atoms with van der Waals surface area (Å²) in [5.41, 5.74) is -1.58. The maximum absolute atomic E-state index is 13.1. The summed E-state index contributed by atoms with van der Waals surface area (Å²) >= 11 is 0. The van der Waals surface area contributed by atoms with Crippen molar-refractivity contribution in [2.75, 3.05) is 0 Å². The lowest BCUT2D eigenvalue weighted by Gasteiger charge is -2.09. The van der Waals surface area contributed by atoms with Gasteiger partial charge >= 0.3 is 6.18 Å². The second-order valence-corrected chi connectivity index (χ2v) is 2.65. The molecule has 5 heteroatoms. The predicted molar refractivity (Wildman–Crippen MR) is 41.2 cm³/mol. The van der Waals surface area contributed by atoms with Gasteiger partial charge in [-0.15, -0.1) is 0 Å². The topological polar surface area (TPSA) is 17.1 Å². The summed E-state index contributed by atoms with van der Waals surface area (Å²) in [6.07, 6.45) is -4.71. The van der Waals surface area contributed by atoms with Crippen LogP contribution in [0.5, 0.6) is 0 Å². The van der Waals surface area contributed by atoms with E-state index in [9.17, 15) is 22.4 Å². The molecule has 0 amide bonds. The third kappa shape index (κ3) is 2.10. The lowest BCUT2D eigenvalue weighted by atomic mass is 10.1. The number of halogens is 4. The van der Waals surface area contributed by atoms with Crippen molar-refractivity contribution in [3.63, 3.8) is 0 Å². The summed E-state index contributed by atoms with van der Waals surface area (Å²) in [5, 5.41) is 0. The average molecular weight is 206 g/mol. The molecular weight excluding hydrogens is 200 g/mol. The van der Waals surface area contributed by atoms with Crippen molar-refractivity contribution in [1.29, 1.82) is 0 Å². The SMILES string of the molecule is O=CCc1cccc(C(F)(F)F)c1F. The molecule has 0 bridgehead atoms. The Morgan fingerprint density at radius 3 is 2.43 bits per heavy atom. The molecule has 1 rings (SSSR count). The number of aldehydes is 1. The van der Waals surface area contributed by atoms with E-state index < -0.39 is 17.6 Å². The highest BCUT2D eigenvalue weighted by Crippen LogP contribution is 2.32. The molecule has 1 aromatic carbocycles. The summed E-state index contributed by atoms with van der Waals surface area (Å²) in [6.45, 7) is 0. The van der Waals surface area contributed by atoms with Crippen LogP contribution in [0.3, 0.4) is 0 Å². The highest BCUT2D eigenvalue weighted by Gasteiger charge is 2.34. The molecule has 0 heterocycles. The lowest BCUT2D eigenvalue weighted by molar-refractivity contribution is -0.140. The third-order valence-electron chi connectivity index (χ3n) is 1.69. The van der Waals surface area contributed by atoms with E-state index in [1.54, 1.807) is 0 Å². The number of benzene rings is 1. The van der Waals surface area contributed by atoms with Gasteiger partial charge < -0.3 is 4.79 Å². The molecular formula is C9H6F4O. The average Bonchev–Trinajstić information content (AvgIpc) is 2.07. The van der Waals surface area contributed by atoms with Gasteiger partial charge in [-0.05, 0) is 11.6 Å². The van der Waals surface area contributed by atoms with Crippen LogP contribution in [0.15, 0.2) is 18.2 Å². The number of carbonyl (C=O) groups is 1. The first-order valence-electron chi connectivity index (χ1n) is 3.75. The van der Waals surface area contributed by atoms with Gasteiger partial charge in [0.1, 0.15) is 12.1 Å². The zero-order valence-electron chi connectivity index (χ0n) is 6.94. The van der Waals surface area contributed by atoms with E-state index in [2.05, 4.69) is 0 Å². The smallest absolute Gasteiger partial charge is 0.303 e. The quantitative estimate of drug-likeness (QED) is 0.537. The van der Waals surface area contributed by atoms with Crippen molar-refractivity contribution in [1.82, 2.24) is 0 Å². The first kappa shape index (κ1) is 10.7. The molecule has 0 fully saturated rings. The maximum atomic E-state index is 13.1. The van der Waals surface area contributed by atoms with Crippen LogP contribution in [-0.2, 0) is 17.4 Å². The molecule has 0 aliphatic rings. The Balaban J connectivity index is 3.20. The van der Waals surface area contributed by atoms with Crippen LogP contribution in [-0.4, -0.2) is 6.29 Å². The Morgan fingerprint density at radius 2 is 1.93 bits per heavy atom. The summed E-state index contributed by atoms with van der Waals surface area (Å²) in [4.78, 5) is 10.0. The maximum Gasteiger partial charge on any atom is 0.419 e. The normalized spacial score (nSPS) is 11.4. The predicted octanol–water partition coefficient (Wildman–Crippen LogP) is 2.59. The summed E-state index contributed by atoms with van der Waals surface area (Å²) in [5.74, 6) is -1.37. The molecule has 0 saturated carbocycles. The van der Waals surface area contributed by atoms with Crippen LogP contribution in [0.25, 0.3) is 0 Å². The lowest BCUT2D eigenvalue weighted by Crippen LogP contribution is -2.10. The molecule has 0 radical (unpaired) electrons. The number of carbonyl (C=O) groups excluding carboxylic acids is 1. The van der Waals surface area contributed by atoms with Gasteiger partial charge in [0.15, 0.2) is 0 Å². The molecule has 0 aliphatic carbocycles. The van der Waals surface area contributed by atoms with Crippen molar-refractivity contribution >= 4 is 6.29 Å². The van der Waals surface area contributed by atoms with Gasteiger partial charge in [0, 0.05) is 6.42 Å². The summed E-state index contributed by atoms with van der Waals surface area (Å²) in [6, 6.07) is 2.87. The van der Waals surface area contributed by atoms with Gasteiger partial charge in [0.25, 0.3) is 0 Å². The van der Waals surface area contributed by atoms with Crippen molar-refractivity contribution in [3.05, 3.63) is 35.1 Å². The molecule has 76 valence electrons. The Bertz CT molecular complexity index is 343. The highest BCUT2D eigenvalue weighted by molar-refractivity contribution is 5.55. The van der Waals surface area contributed by atoms with E-state index in [1.165, 1.54) is 0 Å². The highest BCUT2D eigenvalue weighted by atomic mass is 19.4. The Labute approximate surface area is 77.3 Å². The summed E-state index contributed by atoms with van der Waals surface area (Å²) in [7, 11) is 0. The van der Waals surface area contributed by atoms with E-state index in [4.69, 9.17) is 0 Å². The van der Waals surface area contributed by atoms with Gasteiger partial charge in [0.05, 0.1) is 5.56 Å². The first-order valence-corrected chi connectivity index (χ1v) is 3.75. The molecule has 0 unspecified atom stereocenters. The molecule has 0 saturated heterocycles. The van der Waals surface area contributed by atoms with Crippen molar-refractivity contribution in [2.45, 2.75) is 12.6 Å². The minimum absolute atomic E-state index is 0.241. The van der Waals surface area contributed by atoms with E-state index in [0.29, 0.717) is 12.4 Å². The van der Waals surface area contributed by atoms with E-state index >= 15 is 0 Å². The van der Waals surface area contributed by atoms with E-state index in [1.807, 2.05) is 0 Å². The number of hydrogen-bond acceptors (Lipinski definition) is 1. The fourth-order valence-electron chi connectivity index (χ4n) is 1.05. The molecule has 0 N–H and O–H groups in total. The number of rotatable bonds is 2. The van der Waals surface area contributed by atoms with Gasteiger partial charge in [-0.1, -0.05) is 12.1 Å². The molecule has 0 spiro atoms. The summed E-state index contributed by atoms with van der Waals surface area (Å²) < 4.78 is 49.5. The van der Waals surface area contributed by atoms with E-state index in [-0.39, 0.29) is 12.0 Å². The Kier molecular flexibility index (Phi) is 2.88. The second kappa shape index (κ2) is 3.77. The largest absolute Gasteiger partial charge is 0.419 e. The van der Waals surface area contributed by atoms with Crippen LogP contribution < -0.4 is 0 Å².